The Labute approximate surface area is 145 Å². The van der Waals surface area contributed by atoms with Crippen LogP contribution in [0.5, 0.6) is 0 Å². The lowest BCUT2D eigenvalue weighted by Crippen LogP contribution is -2.53. The maximum absolute atomic E-state index is 13.1. The largest absolute Gasteiger partial charge is 0.355 e. The molecule has 3 nitrogen and oxygen atoms in total. The summed E-state index contributed by atoms with van der Waals surface area (Å²) in [5.74, 6) is -0.337. The second-order valence-corrected chi connectivity index (χ2v) is 6.95. The van der Waals surface area contributed by atoms with Gasteiger partial charge in [0, 0.05) is 12.1 Å². The molecule has 1 aromatic rings. The summed E-state index contributed by atoms with van der Waals surface area (Å²) in [6, 6.07) is 4.91. The fourth-order valence-corrected chi connectivity index (χ4v) is 3.36. The predicted molar refractivity (Wildman–Crippen MR) is 92.6 cm³/mol. The molecule has 0 aliphatic heterocycles. The maximum atomic E-state index is 13.1. The second-order valence-electron chi connectivity index (χ2n) is 6.09. The third kappa shape index (κ3) is 4.93. The Balaban J connectivity index is 0.00000242. The van der Waals surface area contributed by atoms with Gasteiger partial charge in [0.2, 0.25) is 5.91 Å². The highest BCUT2D eigenvalue weighted by molar-refractivity contribution is 9.10. The van der Waals surface area contributed by atoms with Crippen LogP contribution in [0.3, 0.4) is 0 Å². The fraction of sp³-hybridized carbons (Fsp3) is 0.562. The van der Waals surface area contributed by atoms with E-state index in [1.165, 1.54) is 6.07 Å². The van der Waals surface area contributed by atoms with Crippen LogP contribution >= 0.6 is 28.3 Å². The first-order valence-electron chi connectivity index (χ1n) is 7.41. The zero-order valence-electron chi connectivity index (χ0n) is 12.7. The minimum Gasteiger partial charge on any atom is -0.355 e. The minimum atomic E-state index is -0.402. The summed E-state index contributed by atoms with van der Waals surface area (Å²) in [6.07, 6.45) is 4.60. The quantitative estimate of drug-likeness (QED) is 0.821. The number of nitrogens with two attached hydrogens (primary N) is 1. The molecule has 3 N–H and O–H groups in total. The van der Waals surface area contributed by atoms with E-state index in [4.69, 9.17) is 5.73 Å². The predicted octanol–water partition coefficient (Wildman–Crippen LogP) is 3.58. The molecule has 1 aliphatic rings. The molecule has 0 spiro atoms. The van der Waals surface area contributed by atoms with Crippen LogP contribution in [0.25, 0.3) is 0 Å². The van der Waals surface area contributed by atoms with Gasteiger partial charge in [0.15, 0.2) is 0 Å². The highest BCUT2D eigenvalue weighted by Crippen LogP contribution is 2.31. The third-order valence-electron chi connectivity index (χ3n) is 4.27. The van der Waals surface area contributed by atoms with Crippen molar-refractivity contribution in [1.29, 1.82) is 0 Å². The van der Waals surface area contributed by atoms with Crippen LogP contribution < -0.4 is 11.1 Å². The van der Waals surface area contributed by atoms with Gasteiger partial charge in [0.25, 0.3) is 0 Å². The van der Waals surface area contributed by atoms with Gasteiger partial charge in [0.05, 0.1) is 10.4 Å². The van der Waals surface area contributed by atoms with Crippen molar-refractivity contribution in [2.24, 2.45) is 11.7 Å². The van der Waals surface area contributed by atoms with Gasteiger partial charge in [-0.05, 0) is 59.8 Å². The van der Waals surface area contributed by atoms with E-state index in [0.717, 1.165) is 31.2 Å². The van der Waals surface area contributed by atoms with Crippen LogP contribution in [0, 0.1) is 11.7 Å². The zero-order chi connectivity index (χ0) is 15.5. The Morgan fingerprint density at radius 1 is 1.50 bits per heavy atom. The smallest absolute Gasteiger partial charge is 0.224 e. The first-order chi connectivity index (χ1) is 9.90. The van der Waals surface area contributed by atoms with Gasteiger partial charge in [-0.3, -0.25) is 4.79 Å². The summed E-state index contributed by atoms with van der Waals surface area (Å²) in [5.41, 5.74) is 6.82. The van der Waals surface area contributed by atoms with E-state index in [0.29, 0.717) is 17.4 Å². The first-order valence-corrected chi connectivity index (χ1v) is 8.20. The Bertz CT molecular complexity index is 525. The molecule has 1 saturated carbocycles. The van der Waals surface area contributed by atoms with E-state index in [1.807, 2.05) is 6.92 Å². The van der Waals surface area contributed by atoms with Crippen LogP contribution in [-0.2, 0) is 11.2 Å². The molecular formula is C16H23BrClFN2O. The van der Waals surface area contributed by atoms with Crippen LogP contribution in [0.15, 0.2) is 22.7 Å². The number of hydrogen-bond donors (Lipinski definition) is 2. The lowest BCUT2D eigenvalue weighted by atomic mass is 9.74. The summed E-state index contributed by atoms with van der Waals surface area (Å²) >= 11 is 3.17. The van der Waals surface area contributed by atoms with Crippen molar-refractivity contribution < 1.29 is 9.18 Å². The molecular weight excluding hydrogens is 371 g/mol. The van der Waals surface area contributed by atoms with Crippen molar-refractivity contribution in [2.45, 2.75) is 44.6 Å². The Hall–Kier alpha value is -0.650. The van der Waals surface area contributed by atoms with Crippen molar-refractivity contribution in [3.8, 4) is 0 Å². The van der Waals surface area contributed by atoms with Gasteiger partial charge in [-0.2, -0.15) is 0 Å². The number of benzene rings is 1. The molecule has 1 fully saturated rings. The zero-order valence-corrected chi connectivity index (χ0v) is 15.1. The summed E-state index contributed by atoms with van der Waals surface area (Å²) in [4.78, 5) is 12.3. The number of hydrogen-bond acceptors (Lipinski definition) is 2. The van der Waals surface area contributed by atoms with Crippen LogP contribution in [-0.4, -0.2) is 18.0 Å². The summed E-state index contributed by atoms with van der Waals surface area (Å²) in [6.45, 7) is 2.51. The topological polar surface area (TPSA) is 55.1 Å². The number of halogens is 3. The molecule has 22 heavy (non-hydrogen) atoms. The molecule has 0 aromatic heterocycles. The second kappa shape index (κ2) is 8.27. The van der Waals surface area contributed by atoms with Gasteiger partial charge in [-0.15, -0.1) is 12.4 Å². The van der Waals surface area contributed by atoms with E-state index in [2.05, 4.69) is 21.2 Å². The van der Waals surface area contributed by atoms with E-state index in [1.54, 1.807) is 12.1 Å². The number of carbonyl (C=O) groups excluding carboxylic acids is 1. The average molecular weight is 394 g/mol. The fourth-order valence-electron chi connectivity index (χ4n) is 2.94. The van der Waals surface area contributed by atoms with Crippen LogP contribution in [0.1, 0.15) is 38.2 Å². The molecule has 2 atom stereocenters. The van der Waals surface area contributed by atoms with Crippen molar-refractivity contribution in [3.05, 3.63) is 34.1 Å². The molecule has 1 amide bonds. The van der Waals surface area contributed by atoms with E-state index in [9.17, 15) is 9.18 Å². The van der Waals surface area contributed by atoms with Gasteiger partial charge in [0.1, 0.15) is 5.82 Å². The lowest BCUT2D eigenvalue weighted by Gasteiger charge is -2.37. The lowest BCUT2D eigenvalue weighted by molar-refractivity contribution is -0.128. The highest BCUT2D eigenvalue weighted by Gasteiger charge is 2.37. The monoisotopic (exact) mass is 392 g/mol. The molecule has 0 saturated heterocycles. The van der Waals surface area contributed by atoms with Crippen molar-refractivity contribution >= 4 is 34.2 Å². The third-order valence-corrected chi connectivity index (χ3v) is 4.88. The van der Waals surface area contributed by atoms with E-state index < -0.39 is 5.54 Å². The summed E-state index contributed by atoms with van der Waals surface area (Å²) < 4.78 is 13.6. The SMILES string of the molecule is CC1(N)CCCCC1C(=O)NCCc1ccc(F)c(Br)c1.Cl. The molecule has 0 bridgehead atoms. The normalized spacial score (nSPS) is 24.5. The maximum Gasteiger partial charge on any atom is 0.224 e. The average Bonchev–Trinajstić information content (AvgIpc) is 2.42. The first kappa shape index (κ1) is 19.4. The van der Waals surface area contributed by atoms with E-state index >= 15 is 0 Å². The number of nitrogens with one attached hydrogen (secondary N) is 1. The standard InChI is InChI=1S/C16H22BrFN2O.ClH/c1-16(19)8-3-2-4-12(16)15(21)20-9-7-11-5-6-14(18)13(17)10-11;/h5-6,10,12H,2-4,7-9,19H2,1H3,(H,20,21);1H. The minimum absolute atomic E-state index is 0. The molecule has 124 valence electrons. The van der Waals surface area contributed by atoms with Gasteiger partial charge >= 0.3 is 0 Å². The summed E-state index contributed by atoms with van der Waals surface area (Å²) in [5, 5.41) is 2.96. The van der Waals surface area contributed by atoms with Crippen molar-refractivity contribution in [3.63, 3.8) is 0 Å². The Morgan fingerprint density at radius 2 is 2.23 bits per heavy atom. The van der Waals surface area contributed by atoms with Gasteiger partial charge < -0.3 is 11.1 Å². The molecule has 2 unspecified atom stereocenters. The Morgan fingerprint density at radius 3 is 2.86 bits per heavy atom. The van der Waals surface area contributed by atoms with Gasteiger partial charge in [-0.25, -0.2) is 4.39 Å². The summed E-state index contributed by atoms with van der Waals surface area (Å²) in [7, 11) is 0. The van der Waals surface area contributed by atoms with Gasteiger partial charge in [-0.1, -0.05) is 18.9 Å². The molecule has 1 aromatic carbocycles. The molecule has 6 heteroatoms. The number of amides is 1. The Kier molecular flexibility index (Phi) is 7.29. The van der Waals surface area contributed by atoms with Crippen molar-refractivity contribution in [2.75, 3.05) is 6.54 Å². The molecule has 0 radical (unpaired) electrons. The van der Waals surface area contributed by atoms with Crippen LogP contribution in [0.2, 0.25) is 0 Å². The van der Waals surface area contributed by atoms with Crippen LogP contribution in [0.4, 0.5) is 4.39 Å². The highest BCUT2D eigenvalue weighted by atomic mass is 79.9. The van der Waals surface area contributed by atoms with Crippen molar-refractivity contribution in [1.82, 2.24) is 5.32 Å². The van der Waals surface area contributed by atoms with E-state index in [-0.39, 0.29) is 30.0 Å². The molecule has 1 aliphatic carbocycles. The number of rotatable bonds is 4. The number of carbonyl (C=O) groups is 1. The molecule has 2 rings (SSSR count). The molecule has 0 heterocycles.